The van der Waals surface area contributed by atoms with E-state index in [9.17, 15) is 0 Å². The van der Waals surface area contributed by atoms with Crippen molar-refractivity contribution in [3.05, 3.63) is 71.7 Å². The molecule has 4 heteroatoms. The molecule has 20 heavy (non-hydrogen) atoms. The molecule has 2 aromatic rings. The van der Waals surface area contributed by atoms with E-state index in [2.05, 4.69) is 61.0 Å². The van der Waals surface area contributed by atoms with Crippen LogP contribution in [0.4, 0.5) is 0 Å². The number of allylic oxidation sites excluding steroid dienone is 1. The van der Waals surface area contributed by atoms with Gasteiger partial charge in [0.25, 0.3) is 0 Å². The number of benzene rings is 2. The Morgan fingerprint density at radius 3 is 2.55 bits per heavy atom. The third-order valence-electron chi connectivity index (χ3n) is 3.15. The van der Waals surface area contributed by atoms with Crippen molar-refractivity contribution in [3.63, 3.8) is 0 Å². The second-order valence-electron chi connectivity index (χ2n) is 4.31. The van der Waals surface area contributed by atoms with Gasteiger partial charge in [0.1, 0.15) is 0 Å². The van der Waals surface area contributed by atoms with Crippen LogP contribution < -0.4 is 5.73 Å². The van der Waals surface area contributed by atoms with E-state index in [1.54, 1.807) is 0 Å². The first kappa shape index (κ1) is 16.0. The molecule has 0 spiro atoms. The van der Waals surface area contributed by atoms with Crippen molar-refractivity contribution in [1.82, 2.24) is 0 Å². The van der Waals surface area contributed by atoms with Crippen LogP contribution in [0.3, 0.4) is 0 Å². The van der Waals surface area contributed by atoms with Gasteiger partial charge in [-0.3, -0.25) is 0 Å². The summed E-state index contributed by atoms with van der Waals surface area (Å²) in [5.74, 6) is 0. The van der Waals surface area contributed by atoms with Gasteiger partial charge in [0.15, 0.2) is 0 Å². The summed E-state index contributed by atoms with van der Waals surface area (Å²) >= 11 is -0.972. The van der Waals surface area contributed by atoms with Gasteiger partial charge in [0.05, 0.1) is 0 Å². The van der Waals surface area contributed by atoms with Crippen LogP contribution >= 0.6 is 17.2 Å². The Balaban J connectivity index is 0.000000452. The number of fused-ring (bicyclic) bond motifs is 1. The Morgan fingerprint density at radius 1 is 1.05 bits per heavy atom. The van der Waals surface area contributed by atoms with E-state index in [-0.39, 0.29) is 0 Å². The first-order valence-corrected chi connectivity index (χ1v) is 15.1. The molecule has 101 valence electrons. The van der Waals surface area contributed by atoms with Crippen molar-refractivity contribution in [2.75, 3.05) is 0 Å². The van der Waals surface area contributed by atoms with Crippen molar-refractivity contribution in [1.29, 1.82) is 0 Å². The molecule has 1 radical (unpaired) electrons. The molecule has 0 unspecified atom stereocenters. The maximum atomic E-state index is 5.69. The van der Waals surface area contributed by atoms with Crippen LogP contribution in [0.1, 0.15) is 16.7 Å². The van der Waals surface area contributed by atoms with Gasteiger partial charge >= 0.3 is 37.7 Å². The van der Waals surface area contributed by atoms with Crippen molar-refractivity contribution < 1.29 is 20.5 Å². The summed E-state index contributed by atoms with van der Waals surface area (Å²) in [7, 11) is 9.92. The van der Waals surface area contributed by atoms with E-state index in [0.717, 1.165) is 0 Å². The summed E-state index contributed by atoms with van der Waals surface area (Å²) in [6, 6.07) is 14.9. The molecule has 0 aromatic heterocycles. The van der Waals surface area contributed by atoms with Crippen molar-refractivity contribution in [2.24, 2.45) is 5.73 Å². The molecular weight excluding hydrogens is 456 g/mol. The fourth-order valence-corrected chi connectivity index (χ4v) is 2.28. The molecule has 3 rings (SSSR count). The predicted octanol–water partition coefficient (Wildman–Crippen LogP) is 4.77. The van der Waals surface area contributed by atoms with Crippen LogP contribution in [-0.4, -0.2) is 0 Å². The molecule has 2 aromatic carbocycles. The summed E-state index contributed by atoms with van der Waals surface area (Å²) in [6.07, 6.45) is 6.41. The number of hydrogen-bond donors (Lipinski definition) is 1. The number of nitrogens with two attached hydrogens (primary N) is 1. The topological polar surface area (TPSA) is 26.0 Å². The Hall–Kier alpha value is -0.410. The van der Waals surface area contributed by atoms with Crippen LogP contribution in [0, 0.1) is 6.42 Å². The molecule has 0 heterocycles. The Labute approximate surface area is 138 Å². The first-order valence-electron chi connectivity index (χ1n) is 6.20. The molecule has 0 saturated carbocycles. The number of hydrogen-bond acceptors (Lipinski definition) is 1. The standard InChI is InChI=1S/C16H14N.2ClH.Hf/c17-11-12-4-1-7-14(10-12)16-9-3-6-13-5-2-8-15(13)16;;;/h1-10H,11,17H2;2*1H;/q;;;+2/p-2. The fraction of sp³-hybridized carbons (Fsp3) is 0.0625. The van der Waals surface area contributed by atoms with Crippen molar-refractivity contribution >= 4 is 23.2 Å². The molecule has 0 bridgehead atoms. The van der Waals surface area contributed by atoms with Gasteiger partial charge in [0.2, 0.25) is 0 Å². The van der Waals surface area contributed by atoms with Gasteiger partial charge in [-0.25, -0.2) is 0 Å². The predicted molar refractivity (Wildman–Crippen MR) is 83.9 cm³/mol. The van der Waals surface area contributed by atoms with Gasteiger partial charge in [-0.2, -0.15) is 0 Å². The quantitative estimate of drug-likeness (QED) is 0.630. The number of halogens is 2. The maximum absolute atomic E-state index is 5.69. The van der Waals surface area contributed by atoms with E-state index in [4.69, 9.17) is 22.9 Å². The van der Waals surface area contributed by atoms with Gasteiger partial charge in [0, 0.05) is 13.0 Å². The van der Waals surface area contributed by atoms with Gasteiger partial charge in [-0.15, -0.1) is 0 Å². The molecule has 1 aliphatic carbocycles. The second kappa shape index (κ2) is 8.14. The molecule has 0 aliphatic heterocycles. The van der Waals surface area contributed by atoms with Crippen LogP contribution in [0.25, 0.3) is 17.2 Å². The molecule has 2 N–H and O–H groups in total. The molecule has 0 atom stereocenters. The zero-order valence-electron chi connectivity index (χ0n) is 10.8. The Kier molecular flexibility index (Phi) is 6.50. The van der Waals surface area contributed by atoms with Crippen molar-refractivity contribution in [2.45, 2.75) is 6.54 Å². The third-order valence-corrected chi connectivity index (χ3v) is 3.15. The van der Waals surface area contributed by atoms with Crippen LogP contribution in [0.5, 0.6) is 0 Å². The van der Waals surface area contributed by atoms with Crippen LogP contribution in [0.15, 0.2) is 48.5 Å². The van der Waals surface area contributed by atoms with E-state index in [0.29, 0.717) is 6.54 Å². The van der Waals surface area contributed by atoms with Gasteiger partial charge in [-0.05, 0) is 33.9 Å². The number of rotatable bonds is 2. The molecule has 1 aliphatic rings. The molecule has 1 nitrogen and oxygen atoms in total. The summed E-state index contributed by atoms with van der Waals surface area (Å²) in [5.41, 5.74) is 12.0. The van der Waals surface area contributed by atoms with E-state index >= 15 is 0 Å². The third kappa shape index (κ3) is 3.82. The summed E-state index contributed by atoms with van der Waals surface area (Å²) in [6.45, 7) is 0.588. The van der Waals surface area contributed by atoms with Crippen LogP contribution in [-0.2, 0) is 27.1 Å². The summed E-state index contributed by atoms with van der Waals surface area (Å²) < 4.78 is 0. The molecular formula is C16H14Cl2HfN. The zero-order chi connectivity index (χ0) is 14.4. The average Bonchev–Trinajstić information content (AvgIpc) is 2.96. The van der Waals surface area contributed by atoms with E-state index in [1.165, 1.54) is 27.8 Å². The minimum absolute atomic E-state index is 0.588. The first-order chi connectivity index (χ1) is 9.80. The molecule has 0 fully saturated rings. The SMILES string of the molecule is NCc1cccc(-c2cccc3c2C=C[CH]3)c1.[Cl][Hf][Cl]. The zero-order valence-corrected chi connectivity index (χ0v) is 15.9. The normalized spacial score (nSPS) is 11.6. The van der Waals surface area contributed by atoms with Gasteiger partial charge in [-0.1, -0.05) is 48.6 Å². The second-order valence-corrected chi connectivity index (χ2v) is 9.50. The van der Waals surface area contributed by atoms with Crippen molar-refractivity contribution in [3.8, 4) is 11.1 Å². The molecule has 0 amide bonds. The van der Waals surface area contributed by atoms with Crippen LogP contribution in [0.2, 0.25) is 0 Å². The van der Waals surface area contributed by atoms with E-state index in [1.807, 2.05) is 0 Å². The fourth-order valence-electron chi connectivity index (χ4n) is 2.28. The van der Waals surface area contributed by atoms with Gasteiger partial charge < -0.3 is 5.73 Å². The Morgan fingerprint density at radius 2 is 1.80 bits per heavy atom. The monoisotopic (exact) mass is 470 g/mol. The summed E-state index contributed by atoms with van der Waals surface area (Å²) in [5, 5.41) is 0. The molecule has 0 saturated heterocycles. The summed E-state index contributed by atoms with van der Waals surface area (Å²) in [4.78, 5) is 0. The average molecular weight is 470 g/mol. The van der Waals surface area contributed by atoms with E-state index < -0.39 is 20.5 Å². The minimum atomic E-state index is -0.972. The Bertz CT molecular complexity index is 611.